The molecular formula is C17H27NO3. The molecule has 4 heteroatoms. The third-order valence-corrected chi connectivity index (χ3v) is 3.61. The molecule has 0 aliphatic rings. The van der Waals surface area contributed by atoms with E-state index in [1.807, 2.05) is 24.3 Å². The lowest BCUT2D eigenvalue weighted by atomic mass is 10.0. The first-order valence-electron chi connectivity index (χ1n) is 7.78. The van der Waals surface area contributed by atoms with Crippen LogP contribution in [0.15, 0.2) is 24.3 Å². The lowest BCUT2D eigenvalue weighted by Gasteiger charge is -2.28. The van der Waals surface area contributed by atoms with Crippen LogP contribution in [0.2, 0.25) is 0 Å². The average Bonchev–Trinajstić information content (AvgIpc) is 2.47. The van der Waals surface area contributed by atoms with Crippen LogP contribution in [0.25, 0.3) is 0 Å². The highest BCUT2D eigenvalue weighted by Gasteiger charge is 2.19. The van der Waals surface area contributed by atoms with Gasteiger partial charge in [0.1, 0.15) is 5.75 Å². The molecule has 0 fully saturated rings. The Balaban J connectivity index is 2.71. The van der Waals surface area contributed by atoms with Gasteiger partial charge in [-0.1, -0.05) is 32.9 Å². The van der Waals surface area contributed by atoms with E-state index >= 15 is 0 Å². The average molecular weight is 293 g/mol. The molecule has 0 radical (unpaired) electrons. The SMILES string of the molecule is CCCOc1ccc(CC(CC(=O)O)N(CC)CC)cc1. The van der Waals surface area contributed by atoms with Crippen molar-refractivity contribution in [3.8, 4) is 5.75 Å². The van der Waals surface area contributed by atoms with E-state index in [1.54, 1.807) is 0 Å². The van der Waals surface area contributed by atoms with Gasteiger partial charge in [-0.05, 0) is 43.6 Å². The zero-order valence-electron chi connectivity index (χ0n) is 13.3. The number of carbonyl (C=O) groups is 1. The van der Waals surface area contributed by atoms with Crippen molar-refractivity contribution in [3.63, 3.8) is 0 Å². The van der Waals surface area contributed by atoms with E-state index in [-0.39, 0.29) is 12.5 Å². The zero-order chi connectivity index (χ0) is 15.7. The molecule has 21 heavy (non-hydrogen) atoms. The molecule has 1 N–H and O–H groups in total. The summed E-state index contributed by atoms with van der Waals surface area (Å²) in [7, 11) is 0. The molecule has 1 unspecified atom stereocenters. The first-order valence-corrected chi connectivity index (χ1v) is 7.78. The number of nitrogens with zero attached hydrogens (tertiary/aromatic N) is 1. The van der Waals surface area contributed by atoms with Crippen LogP contribution < -0.4 is 4.74 Å². The van der Waals surface area contributed by atoms with Gasteiger partial charge < -0.3 is 14.7 Å². The molecule has 0 amide bonds. The summed E-state index contributed by atoms with van der Waals surface area (Å²) >= 11 is 0. The van der Waals surface area contributed by atoms with Crippen molar-refractivity contribution in [3.05, 3.63) is 29.8 Å². The molecule has 1 atom stereocenters. The summed E-state index contributed by atoms with van der Waals surface area (Å²) in [5, 5.41) is 9.10. The molecule has 0 aliphatic heterocycles. The maximum atomic E-state index is 11.1. The number of rotatable bonds is 10. The van der Waals surface area contributed by atoms with Gasteiger partial charge in [-0.3, -0.25) is 4.79 Å². The van der Waals surface area contributed by atoms with Crippen molar-refractivity contribution in [2.24, 2.45) is 0 Å². The van der Waals surface area contributed by atoms with E-state index in [4.69, 9.17) is 9.84 Å². The molecule has 1 aromatic rings. The zero-order valence-corrected chi connectivity index (χ0v) is 13.3. The van der Waals surface area contributed by atoms with Gasteiger partial charge in [-0.2, -0.15) is 0 Å². The van der Waals surface area contributed by atoms with Gasteiger partial charge in [0.2, 0.25) is 0 Å². The molecular weight excluding hydrogens is 266 g/mol. The van der Waals surface area contributed by atoms with Crippen molar-refractivity contribution in [2.75, 3.05) is 19.7 Å². The Morgan fingerprint density at radius 2 is 1.81 bits per heavy atom. The number of ether oxygens (including phenoxy) is 1. The molecule has 0 saturated heterocycles. The first kappa shape index (κ1) is 17.5. The number of hydrogen-bond donors (Lipinski definition) is 1. The highest BCUT2D eigenvalue weighted by molar-refractivity contribution is 5.67. The van der Waals surface area contributed by atoms with Crippen LogP contribution in [0, 0.1) is 0 Å². The Labute approximate surface area is 127 Å². The third kappa shape index (κ3) is 6.17. The molecule has 0 spiro atoms. The van der Waals surface area contributed by atoms with Crippen LogP contribution >= 0.6 is 0 Å². The minimum Gasteiger partial charge on any atom is -0.494 e. The Bertz CT molecular complexity index is 413. The second kappa shape index (κ2) is 9.40. The van der Waals surface area contributed by atoms with Crippen LogP contribution in [0.1, 0.15) is 39.2 Å². The minimum atomic E-state index is -0.741. The van der Waals surface area contributed by atoms with Crippen LogP contribution in [0.4, 0.5) is 0 Å². The fourth-order valence-electron chi connectivity index (χ4n) is 2.49. The maximum Gasteiger partial charge on any atom is 0.304 e. The quantitative estimate of drug-likeness (QED) is 0.719. The predicted molar refractivity (Wildman–Crippen MR) is 84.9 cm³/mol. The summed E-state index contributed by atoms with van der Waals surface area (Å²) in [6, 6.07) is 8.03. The fraction of sp³-hybridized carbons (Fsp3) is 0.588. The van der Waals surface area contributed by atoms with E-state index < -0.39 is 5.97 Å². The van der Waals surface area contributed by atoms with E-state index in [0.717, 1.165) is 43.9 Å². The maximum absolute atomic E-state index is 11.1. The van der Waals surface area contributed by atoms with Crippen LogP contribution in [0.3, 0.4) is 0 Å². The van der Waals surface area contributed by atoms with Crippen molar-refractivity contribution in [1.82, 2.24) is 4.90 Å². The van der Waals surface area contributed by atoms with Gasteiger partial charge in [0.25, 0.3) is 0 Å². The number of hydrogen-bond acceptors (Lipinski definition) is 3. The van der Waals surface area contributed by atoms with Gasteiger partial charge >= 0.3 is 5.97 Å². The molecule has 4 nitrogen and oxygen atoms in total. The summed E-state index contributed by atoms with van der Waals surface area (Å²) < 4.78 is 5.56. The standard InChI is InChI=1S/C17H27NO3/c1-4-11-21-16-9-7-14(8-10-16)12-15(13-17(19)20)18(5-2)6-3/h7-10,15H,4-6,11-13H2,1-3H3,(H,19,20). The second-order valence-electron chi connectivity index (χ2n) is 5.17. The second-order valence-corrected chi connectivity index (χ2v) is 5.17. The molecule has 0 saturated carbocycles. The lowest BCUT2D eigenvalue weighted by Crippen LogP contribution is -2.38. The number of carboxylic acid groups (broad SMARTS) is 1. The Morgan fingerprint density at radius 1 is 1.19 bits per heavy atom. The summed E-state index contributed by atoms with van der Waals surface area (Å²) in [5.74, 6) is 0.132. The molecule has 0 aliphatic carbocycles. The van der Waals surface area contributed by atoms with E-state index in [1.165, 1.54) is 0 Å². The molecule has 0 bridgehead atoms. The van der Waals surface area contributed by atoms with E-state index in [2.05, 4.69) is 25.7 Å². The fourth-order valence-corrected chi connectivity index (χ4v) is 2.49. The van der Waals surface area contributed by atoms with Crippen molar-refractivity contribution >= 4 is 5.97 Å². The van der Waals surface area contributed by atoms with Crippen LogP contribution in [-0.4, -0.2) is 41.7 Å². The Hall–Kier alpha value is -1.55. The Kier molecular flexibility index (Phi) is 7.83. The van der Waals surface area contributed by atoms with Crippen molar-refractivity contribution in [2.45, 2.75) is 46.1 Å². The molecule has 0 heterocycles. The molecule has 1 aromatic carbocycles. The van der Waals surface area contributed by atoms with Crippen LogP contribution in [-0.2, 0) is 11.2 Å². The van der Waals surface area contributed by atoms with Gasteiger partial charge in [0, 0.05) is 6.04 Å². The molecule has 0 aromatic heterocycles. The third-order valence-electron chi connectivity index (χ3n) is 3.61. The monoisotopic (exact) mass is 293 g/mol. The predicted octanol–water partition coefficient (Wildman–Crippen LogP) is 3.20. The largest absolute Gasteiger partial charge is 0.494 e. The number of likely N-dealkylation sites (N-methyl/N-ethyl adjacent to an activating group) is 1. The highest BCUT2D eigenvalue weighted by atomic mass is 16.5. The smallest absolute Gasteiger partial charge is 0.304 e. The highest BCUT2D eigenvalue weighted by Crippen LogP contribution is 2.17. The van der Waals surface area contributed by atoms with Crippen molar-refractivity contribution in [1.29, 1.82) is 0 Å². The van der Waals surface area contributed by atoms with Crippen molar-refractivity contribution < 1.29 is 14.6 Å². The van der Waals surface area contributed by atoms with Gasteiger partial charge in [-0.15, -0.1) is 0 Å². The summed E-state index contributed by atoms with van der Waals surface area (Å²) in [6.07, 6.45) is 1.92. The summed E-state index contributed by atoms with van der Waals surface area (Å²) in [4.78, 5) is 13.3. The van der Waals surface area contributed by atoms with Gasteiger partial charge in [0.05, 0.1) is 13.0 Å². The van der Waals surface area contributed by atoms with E-state index in [9.17, 15) is 4.79 Å². The molecule has 118 valence electrons. The number of benzene rings is 1. The van der Waals surface area contributed by atoms with Gasteiger partial charge in [-0.25, -0.2) is 0 Å². The van der Waals surface area contributed by atoms with Crippen LogP contribution in [0.5, 0.6) is 5.75 Å². The van der Waals surface area contributed by atoms with E-state index in [0.29, 0.717) is 0 Å². The summed E-state index contributed by atoms with van der Waals surface area (Å²) in [6.45, 7) is 8.67. The lowest BCUT2D eigenvalue weighted by molar-refractivity contribution is -0.138. The number of aliphatic carboxylic acids is 1. The number of carboxylic acids is 1. The first-order chi connectivity index (χ1) is 10.1. The van der Waals surface area contributed by atoms with Gasteiger partial charge in [0.15, 0.2) is 0 Å². The molecule has 1 rings (SSSR count). The Morgan fingerprint density at radius 3 is 2.29 bits per heavy atom. The minimum absolute atomic E-state index is 0.0416. The summed E-state index contributed by atoms with van der Waals surface area (Å²) in [5.41, 5.74) is 1.15. The normalized spacial score (nSPS) is 12.4. The topological polar surface area (TPSA) is 49.8 Å².